The topological polar surface area (TPSA) is 39.1 Å². The molecule has 0 N–H and O–H groups in total. The lowest BCUT2D eigenvalue weighted by Gasteiger charge is -2.06. The number of aryl methyl sites for hydroxylation is 1. The minimum absolute atomic E-state index is 0.0501. The van der Waals surface area contributed by atoms with Gasteiger partial charge in [-0.05, 0) is 37.6 Å². The molecular formula is C13H16FNO2S. The lowest BCUT2D eigenvalue weighted by atomic mass is 10.2. The van der Waals surface area contributed by atoms with Gasteiger partial charge in [0.05, 0.1) is 11.0 Å². The van der Waals surface area contributed by atoms with Crippen molar-refractivity contribution >= 4 is 20.7 Å². The van der Waals surface area contributed by atoms with E-state index in [2.05, 4.69) is 0 Å². The number of rotatable bonds is 3. The van der Waals surface area contributed by atoms with Gasteiger partial charge in [-0.1, -0.05) is 0 Å². The lowest BCUT2D eigenvalue weighted by molar-refractivity contribution is 0.586. The number of sulfone groups is 1. The molecule has 2 aromatic rings. The third-order valence-electron chi connectivity index (χ3n) is 3.11. The van der Waals surface area contributed by atoms with Crippen LogP contribution in [0.25, 0.3) is 10.9 Å². The summed E-state index contributed by atoms with van der Waals surface area (Å²) >= 11 is 0. The van der Waals surface area contributed by atoms with Gasteiger partial charge in [-0.25, -0.2) is 12.8 Å². The Morgan fingerprint density at radius 1 is 1.33 bits per heavy atom. The zero-order valence-electron chi connectivity index (χ0n) is 10.6. The van der Waals surface area contributed by atoms with Gasteiger partial charge in [0.1, 0.15) is 5.82 Å². The zero-order chi connectivity index (χ0) is 13.5. The number of fused-ring (bicyclic) bond motifs is 1. The molecule has 98 valence electrons. The smallest absolute Gasteiger partial charge is 0.156 e. The molecule has 1 aromatic heterocycles. The van der Waals surface area contributed by atoms with Gasteiger partial charge in [0.2, 0.25) is 0 Å². The normalized spacial score (nSPS) is 12.5. The Bertz CT molecular complexity index is 686. The summed E-state index contributed by atoms with van der Waals surface area (Å²) in [6, 6.07) is 4.43. The van der Waals surface area contributed by atoms with E-state index in [9.17, 15) is 12.8 Å². The van der Waals surface area contributed by atoms with Crippen molar-refractivity contribution in [3.63, 3.8) is 0 Å². The highest BCUT2D eigenvalue weighted by atomic mass is 32.2. The van der Waals surface area contributed by atoms with E-state index < -0.39 is 15.1 Å². The second kappa shape index (κ2) is 4.39. The highest BCUT2D eigenvalue weighted by molar-refractivity contribution is 7.91. The molecular weight excluding hydrogens is 253 g/mol. The van der Waals surface area contributed by atoms with E-state index in [1.165, 1.54) is 12.1 Å². The van der Waals surface area contributed by atoms with Gasteiger partial charge in [0.15, 0.2) is 9.84 Å². The van der Waals surface area contributed by atoms with E-state index in [1.807, 2.05) is 11.6 Å². The molecule has 0 saturated heterocycles. The van der Waals surface area contributed by atoms with Gasteiger partial charge in [0.25, 0.3) is 0 Å². The van der Waals surface area contributed by atoms with E-state index >= 15 is 0 Å². The Labute approximate surface area is 106 Å². The first-order chi connectivity index (χ1) is 8.31. The van der Waals surface area contributed by atoms with Crippen molar-refractivity contribution < 1.29 is 12.8 Å². The van der Waals surface area contributed by atoms with Crippen molar-refractivity contribution in [2.75, 3.05) is 0 Å². The molecule has 1 aromatic carbocycles. The fourth-order valence-corrected chi connectivity index (χ4v) is 2.94. The van der Waals surface area contributed by atoms with Crippen molar-refractivity contribution in [2.24, 2.45) is 7.05 Å². The Morgan fingerprint density at radius 2 is 2.00 bits per heavy atom. The van der Waals surface area contributed by atoms with Crippen molar-refractivity contribution in [2.45, 2.75) is 24.9 Å². The van der Waals surface area contributed by atoms with E-state index in [0.29, 0.717) is 10.9 Å². The molecule has 5 heteroatoms. The largest absolute Gasteiger partial charge is 0.350 e. The maximum Gasteiger partial charge on any atom is 0.156 e. The van der Waals surface area contributed by atoms with Gasteiger partial charge in [-0.15, -0.1) is 0 Å². The molecule has 3 nitrogen and oxygen atoms in total. The average molecular weight is 269 g/mol. The first kappa shape index (κ1) is 13.1. The Kier molecular flexibility index (Phi) is 3.19. The summed E-state index contributed by atoms with van der Waals surface area (Å²) in [5.41, 5.74) is 1.49. The molecule has 1 heterocycles. The fourth-order valence-electron chi connectivity index (χ4n) is 1.94. The molecule has 0 aliphatic carbocycles. The second-order valence-electron chi connectivity index (χ2n) is 4.78. The van der Waals surface area contributed by atoms with E-state index in [0.717, 1.165) is 5.52 Å². The van der Waals surface area contributed by atoms with Crippen molar-refractivity contribution in [1.82, 2.24) is 4.57 Å². The van der Waals surface area contributed by atoms with Crippen LogP contribution in [0, 0.1) is 5.82 Å². The van der Waals surface area contributed by atoms with Gasteiger partial charge >= 0.3 is 0 Å². The van der Waals surface area contributed by atoms with E-state index in [4.69, 9.17) is 0 Å². The lowest BCUT2D eigenvalue weighted by Crippen LogP contribution is -2.15. The second-order valence-corrected chi connectivity index (χ2v) is 7.34. The average Bonchev–Trinajstić information content (AvgIpc) is 2.54. The standard InChI is InChI=1S/C13H16FNO2S/c1-9(2)18(16,17)8-10-7-15(3)13-5-4-11(14)6-12(10)13/h4-7,9H,8H2,1-3H3. The van der Waals surface area contributed by atoms with Crippen LogP contribution in [0.15, 0.2) is 24.4 Å². The van der Waals surface area contributed by atoms with Crippen molar-refractivity contribution in [3.8, 4) is 0 Å². The Morgan fingerprint density at radius 3 is 2.61 bits per heavy atom. The highest BCUT2D eigenvalue weighted by Gasteiger charge is 2.19. The van der Waals surface area contributed by atoms with E-state index in [-0.39, 0.29) is 11.6 Å². The fraction of sp³-hybridized carbons (Fsp3) is 0.385. The monoisotopic (exact) mass is 269 g/mol. The number of hydrogen-bond donors (Lipinski definition) is 0. The third kappa shape index (κ3) is 2.27. The number of aromatic nitrogens is 1. The van der Waals surface area contributed by atoms with Crippen molar-refractivity contribution in [3.05, 3.63) is 35.8 Å². The molecule has 0 unspecified atom stereocenters. The third-order valence-corrected chi connectivity index (χ3v) is 5.26. The van der Waals surface area contributed by atoms with Crippen LogP contribution in [0.3, 0.4) is 0 Å². The van der Waals surface area contributed by atoms with Crippen LogP contribution < -0.4 is 0 Å². The zero-order valence-corrected chi connectivity index (χ0v) is 11.5. The van der Waals surface area contributed by atoms with Crippen molar-refractivity contribution in [1.29, 1.82) is 0 Å². The maximum absolute atomic E-state index is 13.3. The molecule has 0 aliphatic rings. The van der Waals surface area contributed by atoms with Crippen LogP contribution in [0.2, 0.25) is 0 Å². The highest BCUT2D eigenvalue weighted by Crippen LogP contribution is 2.24. The first-order valence-electron chi connectivity index (χ1n) is 5.76. The van der Waals surface area contributed by atoms with Crippen LogP contribution in [0.1, 0.15) is 19.4 Å². The van der Waals surface area contributed by atoms with Crippen LogP contribution in [-0.4, -0.2) is 18.2 Å². The number of hydrogen-bond acceptors (Lipinski definition) is 2. The van der Waals surface area contributed by atoms with Gasteiger partial charge in [-0.3, -0.25) is 0 Å². The van der Waals surface area contributed by atoms with E-state index in [1.54, 1.807) is 26.1 Å². The summed E-state index contributed by atoms with van der Waals surface area (Å²) < 4.78 is 38.9. The molecule has 0 fully saturated rings. The molecule has 0 atom stereocenters. The number of halogens is 1. The van der Waals surface area contributed by atoms with Gasteiger partial charge < -0.3 is 4.57 Å². The molecule has 0 spiro atoms. The summed E-state index contributed by atoms with van der Waals surface area (Å²) in [6.07, 6.45) is 1.75. The Balaban J connectivity index is 2.56. The van der Waals surface area contributed by atoms with Crippen LogP contribution in [0.5, 0.6) is 0 Å². The van der Waals surface area contributed by atoms with Crippen LogP contribution in [0.4, 0.5) is 4.39 Å². The molecule has 0 radical (unpaired) electrons. The Hall–Kier alpha value is -1.36. The maximum atomic E-state index is 13.3. The SMILES string of the molecule is CC(C)S(=O)(=O)Cc1cn(C)c2ccc(F)cc12. The predicted molar refractivity (Wildman–Crippen MR) is 70.6 cm³/mol. The summed E-state index contributed by atoms with van der Waals surface area (Å²) in [6.45, 7) is 3.31. The minimum atomic E-state index is -3.18. The van der Waals surface area contributed by atoms with Crippen LogP contribution in [-0.2, 0) is 22.6 Å². The summed E-state index contributed by atoms with van der Waals surface area (Å²) in [5, 5.41) is 0.239. The summed E-state index contributed by atoms with van der Waals surface area (Å²) in [7, 11) is -1.35. The summed E-state index contributed by atoms with van der Waals surface area (Å²) in [5.74, 6) is -0.400. The van der Waals surface area contributed by atoms with Crippen LogP contribution >= 0.6 is 0 Å². The number of benzene rings is 1. The minimum Gasteiger partial charge on any atom is -0.350 e. The predicted octanol–water partition coefficient (Wildman–Crippen LogP) is 2.64. The van der Waals surface area contributed by atoms with Gasteiger partial charge in [0, 0.05) is 24.1 Å². The molecule has 2 rings (SSSR count). The molecule has 0 bridgehead atoms. The molecule has 0 amide bonds. The van der Waals surface area contributed by atoms with Gasteiger partial charge in [-0.2, -0.15) is 0 Å². The molecule has 18 heavy (non-hydrogen) atoms. The number of nitrogens with zero attached hydrogens (tertiary/aromatic N) is 1. The first-order valence-corrected chi connectivity index (χ1v) is 7.48. The molecule has 0 saturated carbocycles. The molecule has 0 aliphatic heterocycles. The summed E-state index contributed by atoms with van der Waals surface area (Å²) in [4.78, 5) is 0. The quantitative estimate of drug-likeness (QED) is 0.859.